The topological polar surface area (TPSA) is 105 Å². The zero-order valence-corrected chi connectivity index (χ0v) is 21.4. The summed E-state index contributed by atoms with van der Waals surface area (Å²) in [7, 11) is -3.82. The Hall–Kier alpha value is -3.27. The number of nitrogens with one attached hydrogen (secondary N) is 1. The molecule has 2 amide bonds. The fraction of sp³-hybridized carbons (Fsp3) is 0.440. The first-order chi connectivity index (χ1) is 16.6. The smallest absolute Gasteiger partial charge is 0.244 e. The lowest BCUT2D eigenvalue weighted by atomic mass is 10.1. The molecule has 0 aromatic heterocycles. The number of hydrogen-bond donors (Lipinski definition) is 1. The number of fused-ring (bicyclic) bond motifs is 1. The number of rotatable bonds is 11. The summed E-state index contributed by atoms with van der Waals surface area (Å²) in [5.41, 5.74) is 2.20. The quantitative estimate of drug-likeness (QED) is 0.506. The van der Waals surface area contributed by atoms with Gasteiger partial charge in [0, 0.05) is 19.2 Å². The summed E-state index contributed by atoms with van der Waals surface area (Å²) in [4.78, 5) is 28.0. The number of nitrogens with zero attached hydrogens (tertiary/aromatic N) is 2. The minimum absolute atomic E-state index is 0.0476. The maximum Gasteiger partial charge on any atom is 0.244 e. The zero-order chi connectivity index (χ0) is 25.6. The first-order valence-corrected chi connectivity index (χ1v) is 13.5. The lowest BCUT2D eigenvalue weighted by molar-refractivity contribution is -0.140. The predicted octanol–water partition coefficient (Wildman–Crippen LogP) is 2.82. The van der Waals surface area contributed by atoms with Gasteiger partial charge in [-0.2, -0.15) is 0 Å². The Morgan fingerprint density at radius 1 is 1.06 bits per heavy atom. The van der Waals surface area contributed by atoms with Crippen LogP contribution in [0.15, 0.2) is 42.5 Å². The van der Waals surface area contributed by atoms with Crippen molar-refractivity contribution in [2.24, 2.45) is 0 Å². The molecule has 0 saturated heterocycles. The lowest BCUT2D eigenvalue weighted by Gasteiger charge is -2.33. The molecule has 1 aliphatic rings. The van der Waals surface area contributed by atoms with Gasteiger partial charge in [-0.1, -0.05) is 43.7 Å². The van der Waals surface area contributed by atoms with Crippen LogP contribution in [-0.2, 0) is 26.2 Å². The van der Waals surface area contributed by atoms with E-state index in [2.05, 4.69) is 5.32 Å². The summed E-state index contributed by atoms with van der Waals surface area (Å²) in [6.07, 6.45) is 2.19. The van der Waals surface area contributed by atoms with E-state index in [4.69, 9.17) is 9.47 Å². The van der Waals surface area contributed by atoms with Crippen LogP contribution >= 0.6 is 0 Å². The van der Waals surface area contributed by atoms with Crippen molar-refractivity contribution in [2.45, 2.75) is 46.2 Å². The third-order valence-electron chi connectivity index (χ3n) is 5.73. The fourth-order valence-electron chi connectivity index (χ4n) is 3.83. The second-order valence-corrected chi connectivity index (χ2v) is 10.4. The number of sulfonamides is 1. The monoisotopic (exact) mass is 503 g/mol. The Bertz CT molecular complexity index is 1150. The van der Waals surface area contributed by atoms with Crippen molar-refractivity contribution in [3.8, 4) is 11.5 Å². The molecule has 1 atom stereocenters. The van der Waals surface area contributed by atoms with E-state index in [9.17, 15) is 18.0 Å². The van der Waals surface area contributed by atoms with Crippen molar-refractivity contribution in [3.05, 3.63) is 53.6 Å². The van der Waals surface area contributed by atoms with E-state index in [1.165, 1.54) is 11.0 Å². The molecule has 10 heteroatoms. The summed E-state index contributed by atoms with van der Waals surface area (Å²) in [6.45, 7) is 6.01. The van der Waals surface area contributed by atoms with Crippen LogP contribution in [0, 0.1) is 6.92 Å². The van der Waals surface area contributed by atoms with Crippen LogP contribution in [0.3, 0.4) is 0 Å². The van der Waals surface area contributed by atoms with E-state index < -0.39 is 28.5 Å². The molecular formula is C25H33N3O6S. The highest BCUT2D eigenvalue weighted by atomic mass is 32.2. The largest absolute Gasteiger partial charge is 0.454 e. The molecule has 2 aromatic rings. The van der Waals surface area contributed by atoms with Gasteiger partial charge in [-0.05, 0) is 37.5 Å². The van der Waals surface area contributed by atoms with Crippen LogP contribution in [0.5, 0.6) is 11.5 Å². The molecule has 0 aliphatic carbocycles. The van der Waals surface area contributed by atoms with Gasteiger partial charge >= 0.3 is 0 Å². The van der Waals surface area contributed by atoms with Crippen molar-refractivity contribution in [3.63, 3.8) is 0 Å². The third kappa shape index (κ3) is 6.66. The van der Waals surface area contributed by atoms with E-state index in [-0.39, 0.29) is 24.9 Å². The zero-order valence-electron chi connectivity index (χ0n) is 20.6. The van der Waals surface area contributed by atoms with E-state index in [0.29, 0.717) is 24.5 Å². The average molecular weight is 504 g/mol. The predicted molar refractivity (Wildman–Crippen MR) is 134 cm³/mol. The Morgan fingerprint density at radius 3 is 2.37 bits per heavy atom. The minimum Gasteiger partial charge on any atom is -0.454 e. The second kappa shape index (κ2) is 11.4. The van der Waals surface area contributed by atoms with Crippen molar-refractivity contribution >= 4 is 27.5 Å². The summed E-state index contributed by atoms with van der Waals surface area (Å²) >= 11 is 0. The number of carbonyl (C=O) groups excluding carboxylic acids is 2. The molecule has 3 rings (SSSR count). The van der Waals surface area contributed by atoms with Gasteiger partial charge < -0.3 is 19.7 Å². The number of amides is 2. The van der Waals surface area contributed by atoms with E-state index in [1.807, 2.05) is 45.0 Å². The third-order valence-corrected chi connectivity index (χ3v) is 6.87. The number of aryl methyl sites for hydroxylation is 1. The van der Waals surface area contributed by atoms with Gasteiger partial charge in [0.05, 0.1) is 11.9 Å². The molecule has 1 unspecified atom stereocenters. The molecule has 9 nitrogen and oxygen atoms in total. The number of hydrogen-bond acceptors (Lipinski definition) is 6. The summed E-state index contributed by atoms with van der Waals surface area (Å²) in [5.74, 6) is 0.176. The molecule has 0 spiro atoms. The maximum absolute atomic E-state index is 13.6. The Kier molecular flexibility index (Phi) is 8.61. The van der Waals surface area contributed by atoms with E-state index >= 15 is 0 Å². The molecule has 0 radical (unpaired) electrons. The average Bonchev–Trinajstić information content (AvgIpc) is 3.29. The molecule has 35 heavy (non-hydrogen) atoms. The van der Waals surface area contributed by atoms with Crippen molar-refractivity contribution in [1.82, 2.24) is 10.2 Å². The minimum atomic E-state index is -3.82. The van der Waals surface area contributed by atoms with Gasteiger partial charge in [-0.25, -0.2) is 8.42 Å². The SMILES string of the molecule is CCCNC(=O)C(CC)N(Cc1ccc(C)cc1)C(=O)CN(c1ccc2c(c1)OCO2)S(C)(=O)=O. The van der Waals surface area contributed by atoms with Gasteiger partial charge in [0.1, 0.15) is 12.6 Å². The Labute approximate surface area is 207 Å². The van der Waals surface area contributed by atoms with E-state index in [1.54, 1.807) is 12.1 Å². The second-order valence-electron chi connectivity index (χ2n) is 8.53. The molecule has 0 saturated carbocycles. The van der Waals surface area contributed by atoms with Gasteiger partial charge in [-0.15, -0.1) is 0 Å². The molecule has 1 aliphatic heterocycles. The molecule has 2 aromatic carbocycles. The van der Waals surface area contributed by atoms with Crippen molar-refractivity contribution in [2.75, 3.05) is 30.4 Å². The summed E-state index contributed by atoms with van der Waals surface area (Å²) in [5, 5.41) is 2.86. The highest BCUT2D eigenvalue weighted by Gasteiger charge is 2.32. The highest BCUT2D eigenvalue weighted by Crippen LogP contribution is 2.36. The first kappa shape index (κ1) is 26.3. The van der Waals surface area contributed by atoms with Crippen molar-refractivity contribution < 1.29 is 27.5 Å². The first-order valence-electron chi connectivity index (χ1n) is 11.6. The van der Waals surface area contributed by atoms with Crippen LogP contribution in [0.25, 0.3) is 0 Å². The Balaban J connectivity index is 1.93. The normalized spacial score (nSPS) is 13.3. The number of carbonyl (C=O) groups is 2. The van der Waals surface area contributed by atoms with E-state index in [0.717, 1.165) is 28.1 Å². The van der Waals surface area contributed by atoms with Gasteiger partial charge in [0.25, 0.3) is 0 Å². The van der Waals surface area contributed by atoms with Gasteiger partial charge in [0.15, 0.2) is 11.5 Å². The molecule has 0 bridgehead atoms. The molecule has 190 valence electrons. The van der Waals surface area contributed by atoms with Crippen LogP contribution in [0.2, 0.25) is 0 Å². The lowest BCUT2D eigenvalue weighted by Crippen LogP contribution is -2.52. The standard InChI is InChI=1S/C25H33N3O6S/c1-5-13-26-25(30)21(6-2)27(15-19-9-7-18(3)8-10-19)24(29)16-28(35(4,31)32)20-11-12-22-23(14-20)34-17-33-22/h7-12,14,21H,5-6,13,15-17H2,1-4H3,(H,26,30). The number of anilines is 1. The van der Waals surface area contributed by atoms with Crippen LogP contribution in [0.1, 0.15) is 37.8 Å². The molecule has 0 fully saturated rings. The van der Waals surface area contributed by atoms with Crippen molar-refractivity contribution in [1.29, 1.82) is 0 Å². The van der Waals surface area contributed by atoms with Gasteiger partial charge in [0.2, 0.25) is 28.6 Å². The summed E-state index contributed by atoms with van der Waals surface area (Å²) in [6, 6.07) is 11.6. The van der Waals surface area contributed by atoms with Crippen LogP contribution in [0.4, 0.5) is 5.69 Å². The fourth-order valence-corrected chi connectivity index (χ4v) is 4.67. The number of ether oxygens (including phenoxy) is 2. The maximum atomic E-state index is 13.6. The van der Waals surface area contributed by atoms with Crippen LogP contribution < -0.4 is 19.1 Å². The summed E-state index contributed by atoms with van der Waals surface area (Å²) < 4.78 is 37.1. The van der Waals surface area contributed by atoms with Gasteiger partial charge in [-0.3, -0.25) is 13.9 Å². The van der Waals surface area contributed by atoms with Crippen LogP contribution in [-0.4, -0.2) is 57.3 Å². The Morgan fingerprint density at radius 2 is 1.74 bits per heavy atom. The molecule has 1 N–H and O–H groups in total. The molecular weight excluding hydrogens is 470 g/mol. The highest BCUT2D eigenvalue weighted by molar-refractivity contribution is 7.92. The number of benzene rings is 2. The molecule has 1 heterocycles.